The number of benzene rings is 2. The summed E-state index contributed by atoms with van der Waals surface area (Å²) in [4.78, 5) is 1.82. The van der Waals surface area contributed by atoms with E-state index in [0.29, 0.717) is 16.3 Å². The summed E-state index contributed by atoms with van der Waals surface area (Å²) in [6.07, 6.45) is 0. The number of nitrogens with zero attached hydrogens (tertiary/aromatic N) is 2. The highest BCUT2D eigenvalue weighted by atomic mass is 35.5. The van der Waals surface area contributed by atoms with Gasteiger partial charge in [0.1, 0.15) is 5.82 Å². The van der Waals surface area contributed by atoms with Gasteiger partial charge in [0.15, 0.2) is 0 Å². The Labute approximate surface area is 123 Å². The molecule has 102 valence electrons. The maximum absolute atomic E-state index is 14.0. The number of hydrogen-bond donors (Lipinski definition) is 0. The van der Waals surface area contributed by atoms with Gasteiger partial charge in [-0.3, -0.25) is 0 Å². The second-order valence-electron chi connectivity index (χ2n) is 4.62. The molecule has 2 aromatic carbocycles. The van der Waals surface area contributed by atoms with Gasteiger partial charge in [-0.05, 0) is 42.8 Å². The molecule has 0 saturated heterocycles. The van der Waals surface area contributed by atoms with Gasteiger partial charge in [-0.15, -0.1) is 0 Å². The minimum atomic E-state index is -0.402. The zero-order valence-electron chi connectivity index (χ0n) is 11.3. The summed E-state index contributed by atoms with van der Waals surface area (Å²) in [6, 6.07) is 13.9. The summed E-state index contributed by atoms with van der Waals surface area (Å²) in [7, 11) is 1.82. The van der Waals surface area contributed by atoms with Crippen molar-refractivity contribution in [3.63, 3.8) is 0 Å². The topological polar surface area (TPSA) is 27.0 Å². The van der Waals surface area contributed by atoms with Crippen molar-refractivity contribution in [2.75, 3.05) is 11.9 Å². The molecular formula is C16H14ClFN2. The molecule has 4 heteroatoms. The fraction of sp³-hybridized carbons (Fsp3) is 0.188. The summed E-state index contributed by atoms with van der Waals surface area (Å²) < 4.78 is 14.0. The van der Waals surface area contributed by atoms with Crippen molar-refractivity contribution >= 4 is 17.3 Å². The standard InChI is InChI=1S/C16H14ClFN2/c1-11(13-4-3-5-14(17)9-13)20(2)16-7-6-12(10-19)8-15(16)18/h3-9,11H,1-2H3. The lowest BCUT2D eigenvalue weighted by Gasteiger charge is -2.28. The molecule has 0 aliphatic heterocycles. The second kappa shape index (κ2) is 5.94. The van der Waals surface area contributed by atoms with Gasteiger partial charge >= 0.3 is 0 Å². The van der Waals surface area contributed by atoms with E-state index in [9.17, 15) is 4.39 Å². The SMILES string of the molecule is CC(c1cccc(Cl)c1)N(C)c1ccc(C#N)cc1F. The quantitative estimate of drug-likeness (QED) is 0.828. The molecule has 0 heterocycles. The van der Waals surface area contributed by atoms with E-state index in [4.69, 9.17) is 16.9 Å². The largest absolute Gasteiger partial charge is 0.365 e. The van der Waals surface area contributed by atoms with Crippen LogP contribution >= 0.6 is 11.6 Å². The Morgan fingerprint density at radius 1 is 1.25 bits per heavy atom. The average molecular weight is 289 g/mol. The van der Waals surface area contributed by atoms with Crippen molar-refractivity contribution in [2.45, 2.75) is 13.0 Å². The monoisotopic (exact) mass is 288 g/mol. The van der Waals surface area contributed by atoms with Crippen LogP contribution in [-0.4, -0.2) is 7.05 Å². The van der Waals surface area contributed by atoms with Crippen LogP contribution in [0.25, 0.3) is 0 Å². The minimum absolute atomic E-state index is 0.0314. The lowest BCUT2D eigenvalue weighted by atomic mass is 10.1. The number of hydrogen-bond acceptors (Lipinski definition) is 2. The smallest absolute Gasteiger partial charge is 0.147 e. The first-order valence-electron chi connectivity index (χ1n) is 6.21. The molecule has 0 radical (unpaired) electrons. The first-order valence-corrected chi connectivity index (χ1v) is 6.58. The van der Waals surface area contributed by atoms with Gasteiger partial charge in [-0.2, -0.15) is 5.26 Å². The van der Waals surface area contributed by atoms with Crippen molar-refractivity contribution in [1.82, 2.24) is 0 Å². The molecule has 0 fully saturated rings. The van der Waals surface area contributed by atoms with E-state index in [1.807, 2.05) is 43.1 Å². The highest BCUT2D eigenvalue weighted by molar-refractivity contribution is 6.30. The fourth-order valence-electron chi connectivity index (χ4n) is 2.06. The molecule has 2 rings (SSSR count). The van der Waals surface area contributed by atoms with E-state index in [1.54, 1.807) is 18.2 Å². The van der Waals surface area contributed by atoms with Crippen LogP contribution in [0.15, 0.2) is 42.5 Å². The van der Waals surface area contributed by atoms with Crippen LogP contribution in [0, 0.1) is 17.1 Å². The maximum Gasteiger partial charge on any atom is 0.147 e. The molecule has 0 aliphatic rings. The lowest BCUT2D eigenvalue weighted by Crippen LogP contribution is -2.22. The third kappa shape index (κ3) is 2.92. The van der Waals surface area contributed by atoms with E-state index in [2.05, 4.69) is 0 Å². The Bertz CT molecular complexity index is 664. The highest BCUT2D eigenvalue weighted by Gasteiger charge is 2.16. The fourth-order valence-corrected chi connectivity index (χ4v) is 2.26. The molecule has 0 aliphatic carbocycles. The van der Waals surface area contributed by atoms with Crippen molar-refractivity contribution in [1.29, 1.82) is 5.26 Å². The molecule has 2 aromatic rings. The van der Waals surface area contributed by atoms with Gasteiger partial charge in [0, 0.05) is 12.1 Å². The summed E-state index contributed by atoms with van der Waals surface area (Å²) in [5.41, 5.74) is 1.77. The van der Waals surface area contributed by atoms with E-state index < -0.39 is 5.82 Å². The van der Waals surface area contributed by atoms with E-state index in [1.165, 1.54) is 6.07 Å². The van der Waals surface area contributed by atoms with E-state index in [0.717, 1.165) is 5.56 Å². The van der Waals surface area contributed by atoms with Crippen molar-refractivity contribution < 1.29 is 4.39 Å². The number of rotatable bonds is 3. The molecular weight excluding hydrogens is 275 g/mol. The van der Waals surface area contributed by atoms with Gasteiger partial charge in [0.2, 0.25) is 0 Å². The van der Waals surface area contributed by atoms with Crippen molar-refractivity contribution in [2.24, 2.45) is 0 Å². The average Bonchev–Trinajstić information content (AvgIpc) is 2.45. The first-order chi connectivity index (χ1) is 9.52. The molecule has 0 amide bonds. The molecule has 0 spiro atoms. The number of halogens is 2. The zero-order valence-corrected chi connectivity index (χ0v) is 12.0. The van der Waals surface area contributed by atoms with Gasteiger partial charge in [-0.25, -0.2) is 4.39 Å². The summed E-state index contributed by atoms with van der Waals surface area (Å²) in [5.74, 6) is -0.402. The molecule has 20 heavy (non-hydrogen) atoms. The third-order valence-corrected chi connectivity index (χ3v) is 3.60. The molecule has 0 saturated carbocycles. The highest BCUT2D eigenvalue weighted by Crippen LogP contribution is 2.29. The van der Waals surface area contributed by atoms with Gasteiger partial charge in [0.25, 0.3) is 0 Å². The first kappa shape index (κ1) is 14.4. The Kier molecular flexibility index (Phi) is 4.26. The van der Waals surface area contributed by atoms with Crippen LogP contribution in [0.3, 0.4) is 0 Å². The lowest BCUT2D eigenvalue weighted by molar-refractivity contribution is 0.611. The van der Waals surface area contributed by atoms with Crippen molar-refractivity contribution in [3.8, 4) is 6.07 Å². The molecule has 1 atom stereocenters. The van der Waals surface area contributed by atoms with Crippen LogP contribution in [-0.2, 0) is 0 Å². The maximum atomic E-state index is 14.0. The van der Waals surface area contributed by atoms with E-state index >= 15 is 0 Å². The van der Waals surface area contributed by atoms with Gasteiger partial charge < -0.3 is 4.90 Å². The van der Waals surface area contributed by atoms with Gasteiger partial charge in [0.05, 0.1) is 23.4 Å². The van der Waals surface area contributed by atoms with Crippen LogP contribution in [0.2, 0.25) is 5.02 Å². The molecule has 0 N–H and O–H groups in total. The Balaban J connectivity index is 2.31. The predicted octanol–water partition coefficient (Wildman–Crippen LogP) is 4.55. The molecule has 1 unspecified atom stereocenters. The minimum Gasteiger partial charge on any atom is -0.365 e. The summed E-state index contributed by atoms with van der Waals surface area (Å²) in [5, 5.41) is 9.42. The third-order valence-electron chi connectivity index (χ3n) is 3.37. The zero-order chi connectivity index (χ0) is 14.7. The summed E-state index contributed by atoms with van der Waals surface area (Å²) >= 11 is 5.98. The van der Waals surface area contributed by atoms with Crippen molar-refractivity contribution in [3.05, 3.63) is 64.4 Å². The molecule has 0 aromatic heterocycles. The Morgan fingerprint density at radius 3 is 2.60 bits per heavy atom. The second-order valence-corrected chi connectivity index (χ2v) is 5.06. The Hall–Kier alpha value is -2.05. The molecule has 0 bridgehead atoms. The van der Waals surface area contributed by atoms with Crippen LogP contribution in [0.1, 0.15) is 24.1 Å². The predicted molar refractivity (Wildman–Crippen MR) is 79.4 cm³/mol. The number of nitriles is 1. The normalized spacial score (nSPS) is 11.8. The van der Waals surface area contributed by atoms with Crippen LogP contribution in [0.4, 0.5) is 10.1 Å². The van der Waals surface area contributed by atoms with Gasteiger partial charge in [-0.1, -0.05) is 23.7 Å². The number of anilines is 1. The van der Waals surface area contributed by atoms with E-state index in [-0.39, 0.29) is 6.04 Å². The molecule has 2 nitrogen and oxygen atoms in total. The van der Waals surface area contributed by atoms with Crippen LogP contribution in [0.5, 0.6) is 0 Å². The Morgan fingerprint density at radius 2 is 2.00 bits per heavy atom. The van der Waals surface area contributed by atoms with Crippen LogP contribution < -0.4 is 4.90 Å². The summed E-state index contributed by atoms with van der Waals surface area (Å²) in [6.45, 7) is 1.98.